The smallest absolute Gasteiger partial charge is 0.298 e. The lowest BCUT2D eigenvalue weighted by Gasteiger charge is -2.02. The Kier molecular flexibility index (Phi) is 2.66. The van der Waals surface area contributed by atoms with Crippen molar-refractivity contribution in [2.24, 2.45) is 4.99 Å². The topological polar surface area (TPSA) is 15.4 Å². The molecule has 0 bridgehead atoms. The highest BCUT2D eigenvalue weighted by atomic mass is 19.4. The minimum atomic E-state index is -4.09. The standard InChI is InChI=1S/C8H13F3N2/c1-5(12-2)4-6-7(13(6)3)8(9,10)11/h6-7H,4H2,1-3H3. The Morgan fingerprint density at radius 2 is 2.00 bits per heavy atom. The second-order valence-electron chi connectivity index (χ2n) is 3.38. The zero-order chi connectivity index (χ0) is 10.2. The molecule has 0 saturated carbocycles. The van der Waals surface area contributed by atoms with Crippen LogP contribution in [0.1, 0.15) is 13.3 Å². The van der Waals surface area contributed by atoms with Crippen LogP contribution in [-0.4, -0.2) is 43.0 Å². The van der Waals surface area contributed by atoms with E-state index in [0.29, 0.717) is 6.42 Å². The van der Waals surface area contributed by atoms with Crippen molar-refractivity contribution in [3.8, 4) is 0 Å². The summed E-state index contributed by atoms with van der Waals surface area (Å²) in [7, 11) is 3.09. The summed E-state index contributed by atoms with van der Waals surface area (Å²) in [6.07, 6.45) is -3.68. The number of hydrogen-bond acceptors (Lipinski definition) is 2. The van der Waals surface area contributed by atoms with E-state index in [0.717, 1.165) is 5.71 Å². The van der Waals surface area contributed by atoms with Gasteiger partial charge in [0.05, 0.1) is 0 Å². The fourth-order valence-electron chi connectivity index (χ4n) is 1.50. The lowest BCUT2D eigenvalue weighted by atomic mass is 10.2. The maximum Gasteiger partial charge on any atom is 0.405 e. The highest BCUT2D eigenvalue weighted by Gasteiger charge is 2.60. The van der Waals surface area contributed by atoms with E-state index in [2.05, 4.69) is 4.99 Å². The molecular formula is C8H13F3N2. The van der Waals surface area contributed by atoms with Crippen LogP contribution < -0.4 is 0 Å². The van der Waals surface area contributed by atoms with Gasteiger partial charge in [0.1, 0.15) is 6.04 Å². The normalized spacial score (nSPS) is 34.9. The Morgan fingerprint density at radius 1 is 1.46 bits per heavy atom. The fraction of sp³-hybridized carbons (Fsp3) is 0.875. The van der Waals surface area contributed by atoms with Crippen molar-refractivity contribution in [2.75, 3.05) is 14.1 Å². The number of aliphatic imine (C=N–C) groups is 1. The molecule has 13 heavy (non-hydrogen) atoms. The summed E-state index contributed by atoms with van der Waals surface area (Å²) in [5.74, 6) is 0. The summed E-state index contributed by atoms with van der Waals surface area (Å²) in [6.45, 7) is 1.75. The highest BCUT2D eigenvalue weighted by Crippen LogP contribution is 2.41. The number of halogens is 3. The lowest BCUT2D eigenvalue weighted by molar-refractivity contribution is -0.136. The Morgan fingerprint density at radius 3 is 2.31 bits per heavy atom. The molecule has 3 unspecified atom stereocenters. The molecule has 3 atom stereocenters. The van der Waals surface area contributed by atoms with Crippen molar-refractivity contribution < 1.29 is 13.2 Å². The first-order valence-electron chi connectivity index (χ1n) is 4.09. The van der Waals surface area contributed by atoms with Crippen LogP contribution in [0.5, 0.6) is 0 Å². The van der Waals surface area contributed by atoms with Gasteiger partial charge in [0.2, 0.25) is 0 Å². The largest absolute Gasteiger partial charge is 0.405 e. The van der Waals surface area contributed by atoms with E-state index in [1.807, 2.05) is 0 Å². The monoisotopic (exact) mass is 194 g/mol. The summed E-state index contributed by atoms with van der Waals surface area (Å²) < 4.78 is 36.6. The van der Waals surface area contributed by atoms with Gasteiger partial charge in [-0.05, 0) is 14.0 Å². The molecule has 2 nitrogen and oxygen atoms in total. The molecule has 76 valence electrons. The van der Waals surface area contributed by atoms with Crippen LogP contribution >= 0.6 is 0 Å². The van der Waals surface area contributed by atoms with Gasteiger partial charge in [0, 0.05) is 25.2 Å². The molecule has 0 aromatic carbocycles. The molecule has 1 saturated heterocycles. The van der Waals surface area contributed by atoms with E-state index in [1.165, 1.54) is 11.9 Å². The minimum Gasteiger partial charge on any atom is -0.298 e. The predicted octanol–water partition coefficient (Wildman–Crippen LogP) is 1.71. The number of rotatable bonds is 2. The first-order valence-corrected chi connectivity index (χ1v) is 4.09. The zero-order valence-electron chi connectivity index (χ0n) is 7.89. The van der Waals surface area contributed by atoms with E-state index in [-0.39, 0.29) is 0 Å². The molecule has 1 fully saturated rings. The summed E-state index contributed by atoms with van der Waals surface area (Å²) >= 11 is 0. The molecule has 0 amide bonds. The number of nitrogens with zero attached hydrogens (tertiary/aromatic N) is 2. The molecule has 0 spiro atoms. The van der Waals surface area contributed by atoms with Crippen LogP contribution in [0.25, 0.3) is 0 Å². The Bertz CT molecular complexity index is 222. The summed E-state index contributed by atoms with van der Waals surface area (Å²) in [4.78, 5) is 5.17. The second-order valence-corrected chi connectivity index (χ2v) is 3.38. The van der Waals surface area contributed by atoms with Gasteiger partial charge < -0.3 is 0 Å². The molecule has 0 aromatic rings. The van der Waals surface area contributed by atoms with Crippen LogP contribution in [0.15, 0.2) is 4.99 Å². The lowest BCUT2D eigenvalue weighted by Crippen LogP contribution is -2.21. The molecule has 5 heteroatoms. The van der Waals surface area contributed by atoms with E-state index in [1.54, 1.807) is 14.0 Å². The van der Waals surface area contributed by atoms with Crippen LogP contribution in [0, 0.1) is 0 Å². The van der Waals surface area contributed by atoms with Gasteiger partial charge in [-0.1, -0.05) is 0 Å². The van der Waals surface area contributed by atoms with Gasteiger partial charge in [-0.3, -0.25) is 9.89 Å². The van der Waals surface area contributed by atoms with Gasteiger partial charge in [0.15, 0.2) is 0 Å². The van der Waals surface area contributed by atoms with E-state index in [9.17, 15) is 13.2 Å². The van der Waals surface area contributed by atoms with Crippen molar-refractivity contribution >= 4 is 5.71 Å². The van der Waals surface area contributed by atoms with E-state index < -0.39 is 18.3 Å². The third-order valence-electron chi connectivity index (χ3n) is 2.46. The van der Waals surface area contributed by atoms with Gasteiger partial charge in [0.25, 0.3) is 0 Å². The molecule has 0 radical (unpaired) electrons. The summed E-state index contributed by atoms with van der Waals surface area (Å²) in [6, 6.07) is -1.66. The Labute approximate surface area is 75.4 Å². The zero-order valence-corrected chi connectivity index (χ0v) is 7.89. The van der Waals surface area contributed by atoms with Gasteiger partial charge in [-0.15, -0.1) is 0 Å². The molecular weight excluding hydrogens is 181 g/mol. The molecule has 1 rings (SSSR count). The van der Waals surface area contributed by atoms with Crippen LogP contribution in [-0.2, 0) is 0 Å². The Hall–Kier alpha value is -0.580. The number of hydrogen-bond donors (Lipinski definition) is 0. The fourth-order valence-corrected chi connectivity index (χ4v) is 1.50. The van der Waals surface area contributed by atoms with Crippen molar-refractivity contribution in [3.05, 3.63) is 0 Å². The van der Waals surface area contributed by atoms with Crippen molar-refractivity contribution in [3.63, 3.8) is 0 Å². The van der Waals surface area contributed by atoms with Crippen molar-refractivity contribution in [1.29, 1.82) is 0 Å². The SMILES string of the molecule is CN=C(C)CC1C(C(F)(F)F)N1C. The highest BCUT2D eigenvalue weighted by molar-refractivity contribution is 5.82. The third kappa shape index (κ3) is 2.21. The van der Waals surface area contributed by atoms with Crippen molar-refractivity contribution in [1.82, 2.24) is 4.90 Å². The first-order chi connectivity index (χ1) is 5.88. The maximum absolute atomic E-state index is 12.2. The Balaban J connectivity index is 2.50. The van der Waals surface area contributed by atoms with Crippen LogP contribution in [0.4, 0.5) is 13.2 Å². The van der Waals surface area contributed by atoms with Crippen molar-refractivity contribution in [2.45, 2.75) is 31.6 Å². The van der Waals surface area contributed by atoms with Crippen LogP contribution in [0.3, 0.4) is 0 Å². The number of alkyl halides is 3. The first kappa shape index (κ1) is 10.5. The van der Waals surface area contributed by atoms with Gasteiger partial charge in [-0.25, -0.2) is 0 Å². The molecule has 0 N–H and O–H groups in total. The van der Waals surface area contributed by atoms with Gasteiger partial charge in [-0.2, -0.15) is 13.2 Å². The quantitative estimate of drug-likeness (QED) is 0.482. The summed E-state index contributed by atoms with van der Waals surface area (Å²) in [5.41, 5.74) is 0.767. The molecule has 0 aliphatic carbocycles. The second kappa shape index (κ2) is 3.29. The molecule has 0 aromatic heterocycles. The molecule has 1 aliphatic rings. The van der Waals surface area contributed by atoms with E-state index in [4.69, 9.17) is 0 Å². The molecule has 1 aliphatic heterocycles. The molecule has 1 heterocycles. The summed E-state index contributed by atoms with van der Waals surface area (Å²) in [5, 5.41) is 0. The maximum atomic E-state index is 12.2. The van der Waals surface area contributed by atoms with Gasteiger partial charge >= 0.3 is 6.18 Å². The minimum absolute atomic E-state index is 0.399. The third-order valence-corrected chi connectivity index (χ3v) is 2.46. The predicted molar refractivity (Wildman–Crippen MR) is 45.0 cm³/mol. The van der Waals surface area contributed by atoms with E-state index >= 15 is 0 Å². The average Bonchev–Trinajstić information content (AvgIpc) is 2.60. The average molecular weight is 194 g/mol. The number of likely N-dealkylation sites (N-methyl/N-ethyl adjacent to an activating group) is 1. The van der Waals surface area contributed by atoms with Crippen LogP contribution in [0.2, 0.25) is 0 Å².